The van der Waals surface area contributed by atoms with Gasteiger partial charge in [0.05, 0.1) is 0 Å². The first-order valence-electron chi connectivity index (χ1n) is 4.83. The molecule has 0 atom stereocenters. The second-order valence-electron chi connectivity index (χ2n) is 3.32. The largest absolute Gasteiger partial charge is 0.458 e. The highest BCUT2D eigenvalue weighted by Gasteiger charge is 2.15. The first kappa shape index (κ1) is 9.71. The maximum absolute atomic E-state index is 11.8. The van der Waals surface area contributed by atoms with Crippen LogP contribution in [0.3, 0.4) is 0 Å². The summed E-state index contributed by atoms with van der Waals surface area (Å²) in [5.41, 5.74) is 0.412. The molecular weight excluding hydrogens is 192 g/mol. The average Bonchev–Trinajstić information content (AvgIpc) is 2.84. The van der Waals surface area contributed by atoms with Crippen molar-refractivity contribution in [3.05, 3.63) is 41.6 Å². The summed E-state index contributed by atoms with van der Waals surface area (Å²) in [5.74, 6) is 0.995. The van der Waals surface area contributed by atoms with Crippen LogP contribution in [-0.4, -0.2) is 15.6 Å². The van der Waals surface area contributed by atoms with Gasteiger partial charge in [0.15, 0.2) is 5.76 Å². The van der Waals surface area contributed by atoms with E-state index >= 15 is 0 Å². The predicted molar refractivity (Wildman–Crippen MR) is 54.7 cm³/mol. The van der Waals surface area contributed by atoms with Crippen LogP contribution in [0.2, 0.25) is 0 Å². The molecule has 0 saturated heterocycles. The van der Waals surface area contributed by atoms with Crippen molar-refractivity contribution >= 4 is 5.78 Å². The standard InChI is InChI=1S/C11H12N2O2/c1-3-8-4-5-10(15-8)11(14)9-6-7-13(2)12-9/h4-7H,3H2,1-2H3. The molecule has 0 bridgehead atoms. The van der Waals surface area contributed by atoms with Gasteiger partial charge in [-0.1, -0.05) is 6.92 Å². The molecular formula is C11H12N2O2. The number of furan rings is 1. The van der Waals surface area contributed by atoms with Crippen LogP contribution in [-0.2, 0) is 13.5 Å². The molecule has 2 heterocycles. The summed E-state index contributed by atoms with van der Waals surface area (Å²) in [6.07, 6.45) is 2.52. The van der Waals surface area contributed by atoms with Crippen LogP contribution in [0.15, 0.2) is 28.8 Å². The van der Waals surface area contributed by atoms with Crippen LogP contribution in [0, 0.1) is 0 Å². The molecule has 4 nitrogen and oxygen atoms in total. The molecule has 0 spiro atoms. The van der Waals surface area contributed by atoms with Gasteiger partial charge in [-0.25, -0.2) is 0 Å². The first-order valence-corrected chi connectivity index (χ1v) is 4.83. The van der Waals surface area contributed by atoms with Crippen LogP contribution in [0.25, 0.3) is 0 Å². The van der Waals surface area contributed by atoms with Crippen molar-refractivity contribution in [2.75, 3.05) is 0 Å². The summed E-state index contributed by atoms with van der Waals surface area (Å²) in [6.45, 7) is 1.98. The molecule has 0 unspecified atom stereocenters. The Morgan fingerprint density at radius 3 is 2.80 bits per heavy atom. The Morgan fingerprint density at radius 1 is 1.47 bits per heavy atom. The van der Waals surface area contributed by atoms with Gasteiger partial charge in [0.1, 0.15) is 11.5 Å². The van der Waals surface area contributed by atoms with E-state index in [1.807, 2.05) is 13.0 Å². The summed E-state index contributed by atoms with van der Waals surface area (Å²) in [6, 6.07) is 5.18. The van der Waals surface area contributed by atoms with Crippen molar-refractivity contribution in [2.24, 2.45) is 7.05 Å². The zero-order valence-corrected chi connectivity index (χ0v) is 8.73. The number of nitrogens with zero attached hydrogens (tertiary/aromatic N) is 2. The summed E-state index contributed by atoms with van der Waals surface area (Å²) in [4.78, 5) is 11.8. The number of aromatic nitrogens is 2. The van der Waals surface area contributed by atoms with Crippen LogP contribution >= 0.6 is 0 Å². The SMILES string of the molecule is CCc1ccc(C(=O)c2ccn(C)n2)o1. The van der Waals surface area contributed by atoms with E-state index in [1.165, 1.54) is 0 Å². The van der Waals surface area contributed by atoms with Gasteiger partial charge in [-0.05, 0) is 18.2 Å². The normalized spacial score (nSPS) is 10.5. The number of carbonyl (C=O) groups excluding carboxylic acids is 1. The van der Waals surface area contributed by atoms with E-state index in [9.17, 15) is 4.79 Å². The molecule has 0 saturated carbocycles. The lowest BCUT2D eigenvalue weighted by atomic mass is 10.2. The van der Waals surface area contributed by atoms with Gasteiger partial charge in [-0.15, -0.1) is 0 Å². The average molecular weight is 204 g/mol. The Balaban J connectivity index is 2.28. The minimum Gasteiger partial charge on any atom is -0.458 e. The monoisotopic (exact) mass is 204 g/mol. The van der Waals surface area contributed by atoms with E-state index in [0.717, 1.165) is 12.2 Å². The smallest absolute Gasteiger partial charge is 0.248 e. The maximum Gasteiger partial charge on any atom is 0.248 e. The van der Waals surface area contributed by atoms with E-state index < -0.39 is 0 Å². The highest BCUT2D eigenvalue weighted by Crippen LogP contribution is 2.12. The van der Waals surface area contributed by atoms with Gasteiger partial charge < -0.3 is 4.42 Å². The summed E-state index contributed by atoms with van der Waals surface area (Å²) in [7, 11) is 1.77. The molecule has 78 valence electrons. The Kier molecular flexibility index (Phi) is 2.41. The maximum atomic E-state index is 11.8. The number of rotatable bonds is 3. The van der Waals surface area contributed by atoms with Gasteiger partial charge in [-0.2, -0.15) is 5.10 Å². The van der Waals surface area contributed by atoms with Gasteiger partial charge in [0.25, 0.3) is 0 Å². The molecule has 0 radical (unpaired) electrons. The lowest BCUT2D eigenvalue weighted by Gasteiger charge is -1.92. The number of carbonyl (C=O) groups is 1. The van der Waals surface area contributed by atoms with Crippen molar-refractivity contribution in [3.63, 3.8) is 0 Å². The van der Waals surface area contributed by atoms with Gasteiger partial charge in [0, 0.05) is 19.7 Å². The number of hydrogen-bond acceptors (Lipinski definition) is 3. The molecule has 2 aromatic rings. The van der Waals surface area contributed by atoms with Crippen molar-refractivity contribution in [1.82, 2.24) is 9.78 Å². The van der Waals surface area contributed by atoms with Crippen LogP contribution in [0.4, 0.5) is 0 Å². The van der Waals surface area contributed by atoms with Crippen molar-refractivity contribution in [3.8, 4) is 0 Å². The van der Waals surface area contributed by atoms with E-state index in [2.05, 4.69) is 5.10 Å². The number of hydrogen-bond donors (Lipinski definition) is 0. The van der Waals surface area contributed by atoms with Crippen LogP contribution < -0.4 is 0 Å². The quantitative estimate of drug-likeness (QED) is 0.716. The molecule has 15 heavy (non-hydrogen) atoms. The van der Waals surface area contributed by atoms with Crippen LogP contribution in [0.1, 0.15) is 28.9 Å². The van der Waals surface area contributed by atoms with Crippen molar-refractivity contribution < 1.29 is 9.21 Å². The molecule has 4 heteroatoms. The summed E-state index contributed by atoms with van der Waals surface area (Å²) < 4.78 is 6.95. The zero-order valence-electron chi connectivity index (χ0n) is 8.73. The van der Waals surface area contributed by atoms with E-state index in [0.29, 0.717) is 11.5 Å². The molecule has 0 aromatic carbocycles. The molecule has 2 aromatic heterocycles. The highest BCUT2D eigenvalue weighted by molar-refractivity contribution is 6.05. The van der Waals surface area contributed by atoms with E-state index in [4.69, 9.17) is 4.42 Å². The third-order valence-electron chi connectivity index (χ3n) is 2.18. The van der Waals surface area contributed by atoms with Gasteiger partial charge >= 0.3 is 0 Å². The molecule has 0 aliphatic carbocycles. The molecule has 0 amide bonds. The molecule has 0 aliphatic rings. The fraction of sp³-hybridized carbons (Fsp3) is 0.273. The number of aryl methyl sites for hydroxylation is 2. The first-order chi connectivity index (χ1) is 7.20. The number of ketones is 1. The molecule has 0 aliphatic heterocycles. The molecule has 0 N–H and O–H groups in total. The topological polar surface area (TPSA) is 48.0 Å². The molecule has 2 rings (SSSR count). The second-order valence-corrected chi connectivity index (χ2v) is 3.32. The van der Waals surface area contributed by atoms with Gasteiger partial charge in [0.2, 0.25) is 5.78 Å². The summed E-state index contributed by atoms with van der Waals surface area (Å²) in [5, 5.41) is 4.03. The predicted octanol–water partition coefficient (Wildman–Crippen LogP) is 1.81. The fourth-order valence-corrected chi connectivity index (χ4v) is 1.35. The van der Waals surface area contributed by atoms with Crippen molar-refractivity contribution in [1.29, 1.82) is 0 Å². The lowest BCUT2D eigenvalue weighted by Crippen LogP contribution is -2.01. The van der Waals surface area contributed by atoms with Crippen LogP contribution in [0.5, 0.6) is 0 Å². The third kappa shape index (κ3) is 1.83. The summed E-state index contributed by atoms with van der Waals surface area (Å²) >= 11 is 0. The van der Waals surface area contributed by atoms with Gasteiger partial charge in [-0.3, -0.25) is 9.48 Å². The van der Waals surface area contributed by atoms with Crippen molar-refractivity contribution in [2.45, 2.75) is 13.3 Å². The Morgan fingerprint density at radius 2 is 2.27 bits per heavy atom. The fourth-order valence-electron chi connectivity index (χ4n) is 1.35. The highest BCUT2D eigenvalue weighted by atomic mass is 16.3. The van der Waals surface area contributed by atoms with E-state index in [1.54, 1.807) is 30.1 Å². The Bertz CT molecular complexity index is 482. The minimum absolute atomic E-state index is 0.171. The second kappa shape index (κ2) is 3.73. The van der Waals surface area contributed by atoms with E-state index in [-0.39, 0.29) is 5.78 Å². The Hall–Kier alpha value is -1.84. The zero-order chi connectivity index (χ0) is 10.8. The Labute approximate surface area is 87.5 Å². The minimum atomic E-state index is -0.171. The third-order valence-corrected chi connectivity index (χ3v) is 2.18. The lowest BCUT2D eigenvalue weighted by molar-refractivity contribution is 0.100. The molecule has 0 fully saturated rings.